The first kappa shape index (κ1) is 13.7. The molecule has 0 aliphatic carbocycles. The third-order valence-corrected chi connectivity index (χ3v) is 4.31. The number of carbonyl (C=O) groups is 1. The zero-order valence-electron chi connectivity index (χ0n) is 12.6. The Kier molecular flexibility index (Phi) is 3.42. The molecule has 0 saturated carbocycles. The molecule has 1 aliphatic rings. The van der Waals surface area contributed by atoms with Gasteiger partial charge in [-0.2, -0.15) is 0 Å². The summed E-state index contributed by atoms with van der Waals surface area (Å²) in [6, 6.07) is 12.2. The van der Waals surface area contributed by atoms with Crippen LogP contribution in [0.3, 0.4) is 0 Å². The van der Waals surface area contributed by atoms with Crippen LogP contribution in [0.15, 0.2) is 36.4 Å². The van der Waals surface area contributed by atoms with Crippen molar-refractivity contribution < 1.29 is 9.53 Å². The summed E-state index contributed by atoms with van der Waals surface area (Å²) in [7, 11) is 1.67. The highest BCUT2D eigenvalue weighted by Gasteiger charge is 2.29. The van der Waals surface area contributed by atoms with Crippen molar-refractivity contribution in [3.05, 3.63) is 58.7 Å². The summed E-state index contributed by atoms with van der Waals surface area (Å²) in [4.78, 5) is 12.1. The summed E-state index contributed by atoms with van der Waals surface area (Å²) in [6.07, 6.45) is 0.454. The van der Waals surface area contributed by atoms with Crippen molar-refractivity contribution in [1.29, 1.82) is 0 Å². The fourth-order valence-corrected chi connectivity index (χ4v) is 3.01. The Bertz CT molecular complexity index is 706. The molecule has 0 spiro atoms. The molecular weight excluding hydrogens is 262 g/mol. The molecule has 0 bridgehead atoms. The molecule has 1 amide bonds. The van der Waals surface area contributed by atoms with Crippen molar-refractivity contribution in [1.82, 2.24) is 0 Å². The summed E-state index contributed by atoms with van der Waals surface area (Å²) < 4.78 is 5.47. The molecule has 1 N–H and O–H groups in total. The van der Waals surface area contributed by atoms with Gasteiger partial charge in [0.05, 0.1) is 7.11 Å². The number of carbonyl (C=O) groups excluding carboxylic acids is 1. The number of anilines is 1. The fraction of sp³-hybridized carbons (Fsp3) is 0.278. The van der Waals surface area contributed by atoms with Crippen LogP contribution in [0.25, 0.3) is 0 Å². The molecule has 2 aromatic rings. The van der Waals surface area contributed by atoms with Gasteiger partial charge in [-0.3, -0.25) is 4.79 Å². The maximum Gasteiger partial charge on any atom is 0.225 e. The van der Waals surface area contributed by atoms with Gasteiger partial charge >= 0.3 is 0 Å². The molecular formula is C18H19NO2. The molecule has 3 rings (SSSR count). The highest BCUT2D eigenvalue weighted by Crippen LogP contribution is 2.42. The van der Waals surface area contributed by atoms with Gasteiger partial charge in [0, 0.05) is 23.6 Å². The minimum atomic E-state index is 0.0456. The zero-order valence-corrected chi connectivity index (χ0v) is 12.6. The van der Waals surface area contributed by atoms with Crippen LogP contribution in [0.1, 0.15) is 34.6 Å². The largest absolute Gasteiger partial charge is 0.496 e. The molecule has 0 fully saturated rings. The van der Waals surface area contributed by atoms with E-state index in [2.05, 4.69) is 31.3 Å². The van der Waals surface area contributed by atoms with Gasteiger partial charge in [-0.1, -0.05) is 30.3 Å². The topological polar surface area (TPSA) is 38.3 Å². The SMILES string of the molecule is COc1ccccc1[C@H]1CC(=O)Nc2c1ccc(C)c2C. The first-order valence-electron chi connectivity index (χ1n) is 7.14. The Hall–Kier alpha value is -2.29. The number of hydrogen-bond acceptors (Lipinski definition) is 2. The third kappa shape index (κ3) is 2.29. The molecule has 2 aromatic carbocycles. The molecule has 1 atom stereocenters. The van der Waals surface area contributed by atoms with Crippen LogP contribution >= 0.6 is 0 Å². The molecule has 3 nitrogen and oxygen atoms in total. The van der Waals surface area contributed by atoms with Crippen molar-refractivity contribution in [3.63, 3.8) is 0 Å². The lowest BCUT2D eigenvalue weighted by atomic mass is 9.82. The molecule has 0 aromatic heterocycles. The molecule has 1 heterocycles. The third-order valence-electron chi connectivity index (χ3n) is 4.31. The number of ether oxygens (including phenoxy) is 1. The average Bonchev–Trinajstić information content (AvgIpc) is 2.50. The van der Waals surface area contributed by atoms with Crippen LogP contribution < -0.4 is 10.1 Å². The van der Waals surface area contributed by atoms with Crippen molar-refractivity contribution in [2.45, 2.75) is 26.2 Å². The van der Waals surface area contributed by atoms with E-state index in [0.717, 1.165) is 22.6 Å². The van der Waals surface area contributed by atoms with Gasteiger partial charge in [0.15, 0.2) is 0 Å². The summed E-state index contributed by atoms with van der Waals surface area (Å²) >= 11 is 0. The Labute approximate surface area is 124 Å². The van der Waals surface area contributed by atoms with E-state index < -0.39 is 0 Å². The van der Waals surface area contributed by atoms with E-state index in [-0.39, 0.29) is 11.8 Å². The fourth-order valence-electron chi connectivity index (χ4n) is 3.01. The number of fused-ring (bicyclic) bond motifs is 1. The van der Waals surface area contributed by atoms with Gasteiger partial charge in [-0.15, -0.1) is 0 Å². The molecule has 0 unspecified atom stereocenters. The Morgan fingerprint density at radius 3 is 2.62 bits per heavy atom. The van der Waals surface area contributed by atoms with Crippen LogP contribution in [0.2, 0.25) is 0 Å². The van der Waals surface area contributed by atoms with Crippen molar-refractivity contribution in [3.8, 4) is 5.75 Å². The minimum Gasteiger partial charge on any atom is -0.496 e. The molecule has 1 aliphatic heterocycles. The van der Waals surface area contributed by atoms with Crippen LogP contribution in [0, 0.1) is 13.8 Å². The van der Waals surface area contributed by atoms with E-state index in [0.29, 0.717) is 6.42 Å². The molecule has 3 heteroatoms. The van der Waals surface area contributed by atoms with Gasteiger partial charge in [0.1, 0.15) is 5.75 Å². The number of rotatable bonds is 2. The Balaban J connectivity index is 2.18. The van der Waals surface area contributed by atoms with Crippen molar-refractivity contribution >= 4 is 11.6 Å². The summed E-state index contributed by atoms with van der Waals surface area (Å²) in [5.74, 6) is 0.942. The van der Waals surface area contributed by atoms with Crippen molar-refractivity contribution in [2.75, 3.05) is 12.4 Å². The van der Waals surface area contributed by atoms with Crippen LogP contribution in [-0.4, -0.2) is 13.0 Å². The predicted octanol–water partition coefficient (Wildman–Crippen LogP) is 3.79. The van der Waals surface area contributed by atoms with Gasteiger partial charge in [0.25, 0.3) is 0 Å². The average molecular weight is 281 g/mol. The quantitative estimate of drug-likeness (QED) is 0.909. The maximum atomic E-state index is 12.1. The van der Waals surface area contributed by atoms with Crippen LogP contribution in [-0.2, 0) is 4.79 Å². The lowest BCUT2D eigenvalue weighted by Gasteiger charge is -2.29. The van der Waals surface area contributed by atoms with Crippen LogP contribution in [0.4, 0.5) is 5.69 Å². The molecule has 0 radical (unpaired) electrons. The monoisotopic (exact) mass is 281 g/mol. The zero-order chi connectivity index (χ0) is 15.0. The normalized spacial score (nSPS) is 17.1. The van der Waals surface area contributed by atoms with E-state index in [9.17, 15) is 4.79 Å². The first-order chi connectivity index (χ1) is 10.1. The summed E-state index contributed by atoms with van der Waals surface area (Å²) in [6.45, 7) is 4.12. The second kappa shape index (κ2) is 5.24. The standard InChI is InChI=1S/C18H19NO2/c1-11-8-9-14-15(10-17(20)19-18(14)12(11)2)13-6-4-5-7-16(13)21-3/h4-9,15H,10H2,1-3H3,(H,19,20)/t15-/m1/s1. The first-order valence-corrected chi connectivity index (χ1v) is 7.14. The van der Waals surface area contributed by atoms with E-state index >= 15 is 0 Å². The maximum absolute atomic E-state index is 12.1. The lowest BCUT2D eigenvalue weighted by Crippen LogP contribution is -2.24. The van der Waals surface area contributed by atoms with E-state index in [1.54, 1.807) is 7.11 Å². The minimum absolute atomic E-state index is 0.0456. The van der Waals surface area contributed by atoms with E-state index in [1.807, 2.05) is 24.3 Å². The molecule has 108 valence electrons. The second-order valence-corrected chi connectivity index (χ2v) is 5.52. The number of methoxy groups -OCH3 is 1. The molecule has 0 saturated heterocycles. The molecule has 21 heavy (non-hydrogen) atoms. The number of hydrogen-bond donors (Lipinski definition) is 1. The highest BCUT2D eigenvalue weighted by atomic mass is 16.5. The van der Waals surface area contributed by atoms with E-state index in [4.69, 9.17) is 4.74 Å². The smallest absolute Gasteiger partial charge is 0.225 e. The Morgan fingerprint density at radius 2 is 1.86 bits per heavy atom. The van der Waals surface area contributed by atoms with Gasteiger partial charge in [-0.25, -0.2) is 0 Å². The number of para-hydroxylation sites is 1. The predicted molar refractivity (Wildman–Crippen MR) is 84.0 cm³/mol. The van der Waals surface area contributed by atoms with Crippen molar-refractivity contribution in [2.24, 2.45) is 0 Å². The number of benzene rings is 2. The van der Waals surface area contributed by atoms with Gasteiger partial charge in [0.2, 0.25) is 5.91 Å². The van der Waals surface area contributed by atoms with Gasteiger partial charge in [-0.05, 0) is 36.6 Å². The number of nitrogens with one attached hydrogen (secondary N) is 1. The summed E-state index contributed by atoms with van der Waals surface area (Å²) in [5.41, 5.74) is 5.53. The second-order valence-electron chi connectivity index (χ2n) is 5.52. The number of aryl methyl sites for hydroxylation is 1. The highest BCUT2D eigenvalue weighted by molar-refractivity contribution is 5.96. The lowest BCUT2D eigenvalue weighted by molar-refractivity contribution is -0.116. The van der Waals surface area contributed by atoms with Gasteiger partial charge < -0.3 is 10.1 Å². The Morgan fingerprint density at radius 1 is 1.10 bits per heavy atom. The summed E-state index contributed by atoms with van der Waals surface area (Å²) in [5, 5.41) is 3.03. The van der Waals surface area contributed by atoms with E-state index in [1.165, 1.54) is 11.1 Å². The number of amides is 1. The van der Waals surface area contributed by atoms with Crippen LogP contribution in [0.5, 0.6) is 5.75 Å².